The lowest BCUT2D eigenvalue weighted by Crippen LogP contribution is -2.29. The molecule has 3 rings (SSSR count). The molecule has 0 atom stereocenters. The van der Waals surface area contributed by atoms with Gasteiger partial charge in [-0.3, -0.25) is 9.69 Å². The van der Waals surface area contributed by atoms with Gasteiger partial charge in [-0.2, -0.15) is 0 Å². The first-order chi connectivity index (χ1) is 12.7. The van der Waals surface area contributed by atoms with Gasteiger partial charge in [0.25, 0.3) is 0 Å². The predicted molar refractivity (Wildman–Crippen MR) is 103 cm³/mol. The first-order valence-electron chi connectivity index (χ1n) is 9.52. The molecule has 0 N–H and O–H groups in total. The number of fused-ring (bicyclic) bond motifs is 1. The molecule has 1 aromatic heterocycles. The first-order valence-corrected chi connectivity index (χ1v) is 9.52. The van der Waals surface area contributed by atoms with Crippen LogP contribution in [-0.2, 0) is 16.1 Å². The Labute approximate surface area is 155 Å². The number of likely N-dealkylation sites (N-methyl/N-ethyl adjacent to an activating group) is 1. The van der Waals surface area contributed by atoms with Crippen molar-refractivity contribution in [2.75, 3.05) is 38.2 Å². The van der Waals surface area contributed by atoms with E-state index in [-0.39, 0.29) is 12.5 Å². The second-order valence-electron chi connectivity index (χ2n) is 6.86. The number of nitrogens with zero attached hydrogens (tertiary/aromatic N) is 4. The van der Waals surface area contributed by atoms with Gasteiger partial charge in [0, 0.05) is 18.5 Å². The first kappa shape index (κ1) is 18.6. The molecular weight excluding hydrogens is 328 g/mol. The lowest BCUT2D eigenvalue weighted by atomic mass is 10.2. The van der Waals surface area contributed by atoms with Crippen LogP contribution in [0.3, 0.4) is 0 Å². The number of para-hydroxylation sites is 1. The summed E-state index contributed by atoms with van der Waals surface area (Å²) in [6, 6.07) is 8.18. The minimum absolute atomic E-state index is 0.219. The summed E-state index contributed by atoms with van der Waals surface area (Å²) in [5.74, 6) is 1.55. The fraction of sp³-hybridized carbons (Fsp3) is 0.550. The fourth-order valence-electron chi connectivity index (χ4n) is 3.43. The van der Waals surface area contributed by atoms with Crippen molar-refractivity contribution in [2.24, 2.45) is 0 Å². The van der Waals surface area contributed by atoms with Gasteiger partial charge < -0.3 is 9.64 Å². The molecule has 6 heteroatoms. The van der Waals surface area contributed by atoms with Gasteiger partial charge in [-0.1, -0.05) is 25.0 Å². The van der Waals surface area contributed by atoms with Crippen molar-refractivity contribution < 1.29 is 9.53 Å². The number of esters is 1. The summed E-state index contributed by atoms with van der Waals surface area (Å²) in [6.45, 7) is 5.06. The molecule has 26 heavy (non-hydrogen) atoms. The normalized spacial score (nSPS) is 15.3. The molecule has 0 unspecified atom stereocenters. The molecule has 1 saturated heterocycles. The van der Waals surface area contributed by atoms with E-state index in [0.29, 0.717) is 13.2 Å². The van der Waals surface area contributed by atoms with Crippen molar-refractivity contribution in [1.82, 2.24) is 14.9 Å². The molecule has 6 nitrogen and oxygen atoms in total. The molecule has 2 heterocycles. The third-order valence-electron chi connectivity index (χ3n) is 4.65. The van der Waals surface area contributed by atoms with Crippen LogP contribution in [0.1, 0.15) is 38.4 Å². The van der Waals surface area contributed by atoms with Crippen molar-refractivity contribution in [3.05, 3.63) is 30.1 Å². The van der Waals surface area contributed by atoms with E-state index in [0.717, 1.165) is 35.6 Å². The van der Waals surface area contributed by atoms with Crippen LogP contribution < -0.4 is 4.90 Å². The monoisotopic (exact) mass is 356 g/mol. The predicted octanol–water partition coefficient (Wildman–Crippen LogP) is 3.01. The van der Waals surface area contributed by atoms with Gasteiger partial charge in [0.15, 0.2) is 0 Å². The summed E-state index contributed by atoms with van der Waals surface area (Å²) < 4.78 is 5.02. The molecule has 1 aliphatic rings. The van der Waals surface area contributed by atoms with Gasteiger partial charge in [-0.25, -0.2) is 9.97 Å². The molecule has 0 amide bonds. The van der Waals surface area contributed by atoms with Gasteiger partial charge >= 0.3 is 5.97 Å². The number of hydrogen-bond acceptors (Lipinski definition) is 6. The van der Waals surface area contributed by atoms with Crippen LogP contribution in [0.25, 0.3) is 10.9 Å². The molecule has 0 bridgehead atoms. The van der Waals surface area contributed by atoms with Crippen LogP contribution in [0.2, 0.25) is 0 Å². The zero-order valence-electron chi connectivity index (χ0n) is 15.8. The molecule has 0 aliphatic carbocycles. The van der Waals surface area contributed by atoms with E-state index in [9.17, 15) is 4.79 Å². The van der Waals surface area contributed by atoms with Gasteiger partial charge in [0.05, 0.1) is 25.2 Å². The maximum Gasteiger partial charge on any atom is 0.320 e. The van der Waals surface area contributed by atoms with E-state index in [1.54, 1.807) is 0 Å². The van der Waals surface area contributed by atoms with Crippen LogP contribution in [0.15, 0.2) is 24.3 Å². The maximum absolute atomic E-state index is 11.7. The van der Waals surface area contributed by atoms with Crippen LogP contribution in [0, 0.1) is 0 Å². The van der Waals surface area contributed by atoms with E-state index in [2.05, 4.69) is 11.0 Å². The minimum Gasteiger partial charge on any atom is -0.465 e. The Hall–Kier alpha value is -2.21. The number of carbonyl (C=O) groups excluding carboxylic acids is 1. The van der Waals surface area contributed by atoms with Crippen molar-refractivity contribution in [3.8, 4) is 0 Å². The van der Waals surface area contributed by atoms with Crippen LogP contribution in [0.5, 0.6) is 0 Å². The van der Waals surface area contributed by atoms with E-state index >= 15 is 0 Å². The number of rotatable bonds is 6. The minimum atomic E-state index is -0.219. The topological polar surface area (TPSA) is 58.6 Å². The van der Waals surface area contributed by atoms with Crippen molar-refractivity contribution in [3.63, 3.8) is 0 Å². The second-order valence-corrected chi connectivity index (χ2v) is 6.86. The Kier molecular flexibility index (Phi) is 6.39. The molecule has 1 fully saturated rings. The summed E-state index contributed by atoms with van der Waals surface area (Å²) in [5, 5.41) is 1.10. The Morgan fingerprint density at radius 1 is 1.15 bits per heavy atom. The van der Waals surface area contributed by atoms with Gasteiger partial charge in [0.1, 0.15) is 11.6 Å². The molecule has 0 spiro atoms. The molecule has 2 aromatic rings. The van der Waals surface area contributed by atoms with E-state index < -0.39 is 0 Å². The standard InChI is InChI=1S/C20H28N4O2/c1-3-26-19(25)15-23(2)14-18-21-17-11-7-6-10-16(17)20(22-18)24-12-8-4-5-9-13-24/h6-7,10-11H,3-5,8-9,12-15H2,1-2H3. The van der Waals surface area contributed by atoms with Gasteiger partial charge in [0.2, 0.25) is 0 Å². The molecule has 140 valence electrons. The highest BCUT2D eigenvalue weighted by molar-refractivity contribution is 5.89. The number of ether oxygens (including phenoxy) is 1. The summed E-state index contributed by atoms with van der Waals surface area (Å²) in [6.07, 6.45) is 4.98. The molecular formula is C20H28N4O2. The molecule has 1 aromatic carbocycles. The number of benzene rings is 1. The highest BCUT2D eigenvalue weighted by atomic mass is 16.5. The number of aromatic nitrogens is 2. The van der Waals surface area contributed by atoms with Crippen molar-refractivity contribution in [2.45, 2.75) is 39.2 Å². The largest absolute Gasteiger partial charge is 0.465 e. The fourth-order valence-corrected chi connectivity index (χ4v) is 3.43. The second kappa shape index (κ2) is 8.94. The molecule has 0 radical (unpaired) electrons. The highest BCUT2D eigenvalue weighted by Gasteiger charge is 2.17. The van der Waals surface area contributed by atoms with Crippen LogP contribution >= 0.6 is 0 Å². The Bertz CT molecular complexity index is 742. The highest BCUT2D eigenvalue weighted by Crippen LogP contribution is 2.26. The Morgan fingerprint density at radius 2 is 1.88 bits per heavy atom. The zero-order chi connectivity index (χ0) is 18.4. The molecule has 1 aliphatic heterocycles. The summed E-state index contributed by atoms with van der Waals surface area (Å²) in [7, 11) is 1.89. The summed E-state index contributed by atoms with van der Waals surface area (Å²) in [4.78, 5) is 25.6. The smallest absolute Gasteiger partial charge is 0.320 e. The van der Waals surface area contributed by atoms with E-state index in [1.165, 1.54) is 25.7 Å². The SMILES string of the molecule is CCOC(=O)CN(C)Cc1nc(N2CCCCCC2)c2ccccc2n1. The maximum atomic E-state index is 11.7. The average Bonchev–Trinajstić information content (AvgIpc) is 2.90. The lowest BCUT2D eigenvalue weighted by Gasteiger charge is -2.24. The quantitative estimate of drug-likeness (QED) is 0.742. The van der Waals surface area contributed by atoms with E-state index in [4.69, 9.17) is 14.7 Å². The Balaban J connectivity index is 1.85. The van der Waals surface area contributed by atoms with E-state index in [1.807, 2.05) is 37.1 Å². The van der Waals surface area contributed by atoms with Gasteiger partial charge in [-0.05, 0) is 38.9 Å². The third kappa shape index (κ3) is 4.69. The summed E-state index contributed by atoms with van der Waals surface area (Å²) in [5.41, 5.74) is 0.960. The van der Waals surface area contributed by atoms with Crippen molar-refractivity contribution >= 4 is 22.7 Å². The third-order valence-corrected chi connectivity index (χ3v) is 4.65. The van der Waals surface area contributed by atoms with Gasteiger partial charge in [-0.15, -0.1) is 0 Å². The average molecular weight is 356 g/mol. The number of anilines is 1. The van der Waals surface area contributed by atoms with Crippen molar-refractivity contribution in [1.29, 1.82) is 0 Å². The Morgan fingerprint density at radius 3 is 2.62 bits per heavy atom. The molecule has 0 saturated carbocycles. The summed E-state index contributed by atoms with van der Waals surface area (Å²) >= 11 is 0. The zero-order valence-corrected chi connectivity index (χ0v) is 15.8. The number of hydrogen-bond donors (Lipinski definition) is 0. The number of carbonyl (C=O) groups is 1. The lowest BCUT2D eigenvalue weighted by molar-refractivity contribution is -0.144. The van der Waals surface area contributed by atoms with Crippen LogP contribution in [-0.4, -0.2) is 54.1 Å². The van der Waals surface area contributed by atoms with Crippen LogP contribution in [0.4, 0.5) is 5.82 Å².